The van der Waals surface area contributed by atoms with Gasteiger partial charge in [0, 0.05) is 19.1 Å². The Morgan fingerprint density at radius 3 is 2.30 bits per heavy atom. The molecule has 1 atom stereocenters. The number of rotatable bonds is 6. The maximum atomic E-state index is 11.4. The quantitative estimate of drug-likeness (QED) is 0.336. The summed E-state index contributed by atoms with van der Waals surface area (Å²) in [7, 11) is -4.81. The van der Waals surface area contributed by atoms with Crippen molar-refractivity contribution in [2.45, 2.75) is 13.8 Å². The molecule has 9 nitrogen and oxygen atoms in total. The molecule has 0 heterocycles. The summed E-state index contributed by atoms with van der Waals surface area (Å²) >= 11 is 0. The minimum Gasteiger partial charge on any atom is -0.735 e. The van der Waals surface area contributed by atoms with Gasteiger partial charge in [-0.05, 0) is 19.1 Å². The number of ketones is 1. The van der Waals surface area contributed by atoms with Crippen LogP contribution in [0.2, 0.25) is 0 Å². The molecule has 1 aromatic rings. The van der Waals surface area contributed by atoms with Gasteiger partial charge < -0.3 is 14.0 Å². The molecule has 1 aromatic carbocycles. The van der Waals surface area contributed by atoms with Gasteiger partial charge in [0.2, 0.25) is 0 Å². The molecule has 10 heteroatoms. The zero-order chi connectivity index (χ0) is 15.3. The van der Waals surface area contributed by atoms with E-state index < -0.39 is 18.5 Å². The number of non-ortho nitro benzene ring substituents is 1. The van der Waals surface area contributed by atoms with E-state index in [1.54, 1.807) is 0 Å². The summed E-state index contributed by atoms with van der Waals surface area (Å²) in [5, 5.41) is 13.5. The van der Waals surface area contributed by atoms with Crippen LogP contribution in [0.5, 0.6) is 5.75 Å². The van der Waals surface area contributed by atoms with E-state index in [1.807, 2.05) is 0 Å². The molecule has 20 heavy (non-hydrogen) atoms. The van der Waals surface area contributed by atoms with E-state index in [0.717, 1.165) is 24.3 Å². The number of nitro benzene ring substituents is 1. The van der Waals surface area contributed by atoms with Gasteiger partial charge in [-0.15, -0.1) is 0 Å². The fourth-order valence-corrected chi connectivity index (χ4v) is 1.59. The Labute approximate surface area is 113 Å². The largest absolute Gasteiger partial charge is 0.735 e. The minimum atomic E-state index is -4.81. The van der Waals surface area contributed by atoms with Gasteiger partial charge in [0.1, 0.15) is 11.5 Å². The molecule has 0 saturated heterocycles. The molecule has 0 saturated carbocycles. The number of nitrogens with zero attached hydrogens (tertiary/aromatic N) is 2. The first-order valence-corrected chi connectivity index (χ1v) is 6.67. The Morgan fingerprint density at radius 2 is 1.85 bits per heavy atom. The molecule has 0 spiro atoms. The molecule has 0 bridgehead atoms. The van der Waals surface area contributed by atoms with Crippen LogP contribution in [-0.2, 0) is 14.0 Å². The van der Waals surface area contributed by atoms with Crippen LogP contribution < -0.4 is 9.42 Å². The van der Waals surface area contributed by atoms with E-state index >= 15 is 0 Å². The van der Waals surface area contributed by atoms with Gasteiger partial charge >= 0.3 is 7.82 Å². The number of carbonyl (C=O) groups excluding carboxylic acids is 1. The highest BCUT2D eigenvalue weighted by molar-refractivity contribution is 7.46. The SMILES string of the molecule is CC(=O)/C(C)=N/OP(=O)([O-])Oc1ccc([N+](=O)[O-])cc1. The second-order valence-electron chi connectivity index (χ2n) is 3.60. The normalized spacial score (nSPS) is 14.2. The molecular formula is C10H10N2O7P-. The summed E-state index contributed by atoms with van der Waals surface area (Å²) in [5.41, 5.74) is -0.363. The Balaban J connectivity index is 2.76. The molecule has 0 N–H and O–H groups in total. The Hall–Kier alpha value is -2.25. The lowest BCUT2D eigenvalue weighted by atomic mass is 10.3. The standard InChI is InChI=1S/C10H11N2O7P/c1-7(8(2)13)11-19-20(16,17)18-10-5-3-9(4-6-10)12(14)15/h3-6H,1-2H3,(H,16,17)/p-1/b11-7+. The molecule has 0 aromatic heterocycles. The van der Waals surface area contributed by atoms with Gasteiger partial charge in [0.25, 0.3) is 5.69 Å². The van der Waals surface area contributed by atoms with Crippen LogP contribution in [0.3, 0.4) is 0 Å². The van der Waals surface area contributed by atoms with E-state index in [4.69, 9.17) is 0 Å². The summed E-state index contributed by atoms with van der Waals surface area (Å²) in [4.78, 5) is 32.0. The third kappa shape index (κ3) is 4.79. The van der Waals surface area contributed by atoms with E-state index in [0.29, 0.717) is 0 Å². The lowest BCUT2D eigenvalue weighted by Crippen LogP contribution is -2.11. The van der Waals surface area contributed by atoms with Crippen molar-refractivity contribution in [2.75, 3.05) is 0 Å². The van der Waals surface area contributed by atoms with E-state index in [2.05, 4.69) is 14.3 Å². The van der Waals surface area contributed by atoms with E-state index in [1.165, 1.54) is 13.8 Å². The van der Waals surface area contributed by atoms with Crippen molar-refractivity contribution in [2.24, 2.45) is 5.16 Å². The highest BCUT2D eigenvalue weighted by Gasteiger charge is 2.14. The van der Waals surface area contributed by atoms with Gasteiger partial charge in [0.15, 0.2) is 5.78 Å². The van der Waals surface area contributed by atoms with Crippen molar-refractivity contribution in [3.05, 3.63) is 34.4 Å². The zero-order valence-electron chi connectivity index (χ0n) is 10.5. The van der Waals surface area contributed by atoms with Gasteiger partial charge in [-0.2, -0.15) is 0 Å². The molecule has 1 rings (SSSR count). The molecule has 0 aliphatic rings. The average Bonchev–Trinajstić information content (AvgIpc) is 2.36. The van der Waals surface area contributed by atoms with Crippen molar-refractivity contribution in [3.63, 3.8) is 0 Å². The van der Waals surface area contributed by atoms with Gasteiger partial charge in [-0.1, -0.05) is 5.16 Å². The third-order valence-corrected chi connectivity index (χ3v) is 2.77. The van der Waals surface area contributed by atoms with Crippen LogP contribution in [0.15, 0.2) is 29.4 Å². The Kier molecular flexibility index (Phi) is 4.95. The van der Waals surface area contributed by atoms with Gasteiger partial charge in [-0.3, -0.25) is 14.9 Å². The molecular weight excluding hydrogens is 291 g/mol. The van der Waals surface area contributed by atoms with Crippen molar-refractivity contribution < 1.29 is 28.3 Å². The molecule has 0 radical (unpaired) electrons. The number of hydrogen-bond donors (Lipinski definition) is 0. The number of carbonyl (C=O) groups is 1. The van der Waals surface area contributed by atoms with Crippen molar-refractivity contribution in [3.8, 4) is 5.75 Å². The van der Waals surface area contributed by atoms with Crippen LogP contribution in [0.4, 0.5) is 5.69 Å². The second-order valence-corrected chi connectivity index (χ2v) is 4.84. The van der Waals surface area contributed by atoms with Crippen LogP contribution >= 0.6 is 7.82 Å². The van der Waals surface area contributed by atoms with E-state index in [-0.39, 0.29) is 17.1 Å². The molecule has 0 aliphatic carbocycles. The molecule has 0 amide bonds. The number of nitro groups is 1. The lowest BCUT2D eigenvalue weighted by molar-refractivity contribution is -0.384. The number of hydrogen-bond acceptors (Lipinski definition) is 8. The fourth-order valence-electron chi connectivity index (χ4n) is 0.950. The maximum Gasteiger partial charge on any atom is 0.394 e. The average molecular weight is 301 g/mol. The molecule has 0 fully saturated rings. The predicted octanol–water partition coefficient (Wildman–Crippen LogP) is 1.42. The first-order chi connectivity index (χ1) is 9.21. The summed E-state index contributed by atoms with van der Waals surface area (Å²) in [6, 6.07) is 4.32. The monoisotopic (exact) mass is 301 g/mol. The maximum absolute atomic E-state index is 11.4. The van der Waals surface area contributed by atoms with Gasteiger partial charge in [-0.25, -0.2) is 4.57 Å². The number of Topliss-reactive ketones (excluding diaryl/α,β-unsaturated/α-hetero) is 1. The van der Waals surface area contributed by atoms with Crippen molar-refractivity contribution in [1.29, 1.82) is 0 Å². The fraction of sp³-hybridized carbons (Fsp3) is 0.200. The number of phosphoric acid groups is 1. The molecule has 1 unspecified atom stereocenters. The highest BCUT2D eigenvalue weighted by Crippen LogP contribution is 2.40. The number of benzene rings is 1. The minimum absolute atomic E-state index is 0.145. The first kappa shape index (κ1) is 15.8. The van der Waals surface area contributed by atoms with Crippen LogP contribution in [0.1, 0.15) is 13.8 Å². The second kappa shape index (κ2) is 6.27. The Morgan fingerprint density at radius 1 is 1.30 bits per heavy atom. The number of oxime groups is 1. The van der Waals surface area contributed by atoms with Crippen molar-refractivity contribution in [1.82, 2.24) is 0 Å². The summed E-state index contributed by atoms with van der Waals surface area (Å²) in [5.74, 6) is -0.634. The predicted molar refractivity (Wildman–Crippen MR) is 66.2 cm³/mol. The third-order valence-electron chi connectivity index (χ3n) is 2.05. The summed E-state index contributed by atoms with van der Waals surface area (Å²) in [6.07, 6.45) is 0. The zero-order valence-corrected chi connectivity index (χ0v) is 11.4. The molecule has 0 aliphatic heterocycles. The van der Waals surface area contributed by atoms with E-state index in [9.17, 15) is 24.4 Å². The molecule has 108 valence electrons. The topological polar surface area (TPSA) is 131 Å². The van der Waals surface area contributed by atoms with Crippen LogP contribution in [0, 0.1) is 10.1 Å². The highest BCUT2D eigenvalue weighted by atomic mass is 31.2. The smallest absolute Gasteiger partial charge is 0.394 e. The first-order valence-electron chi connectivity index (χ1n) is 5.20. The lowest BCUT2D eigenvalue weighted by Gasteiger charge is -2.20. The van der Waals surface area contributed by atoms with Crippen molar-refractivity contribution >= 4 is 25.0 Å². The van der Waals surface area contributed by atoms with Gasteiger partial charge in [0.05, 0.1) is 4.92 Å². The van der Waals surface area contributed by atoms with Crippen LogP contribution in [0.25, 0.3) is 0 Å². The summed E-state index contributed by atoms with van der Waals surface area (Å²) in [6.45, 7) is 2.46. The van der Waals surface area contributed by atoms with Crippen LogP contribution in [-0.4, -0.2) is 16.4 Å². The Bertz CT molecular complexity index is 596. The summed E-state index contributed by atoms with van der Waals surface area (Å²) < 4.78 is 20.0. The number of phosphoric ester groups is 1.